The molecule has 104 valence electrons. The van der Waals surface area contributed by atoms with Crippen LogP contribution in [0.25, 0.3) is 16.7 Å². The van der Waals surface area contributed by atoms with Crippen LogP contribution in [-0.2, 0) is 5.88 Å². The summed E-state index contributed by atoms with van der Waals surface area (Å²) in [6.07, 6.45) is 0. The molecule has 0 aliphatic heterocycles. The number of halogens is 3. The molecule has 21 heavy (non-hydrogen) atoms. The highest BCUT2D eigenvalue weighted by molar-refractivity contribution is 6.34. The molecule has 0 amide bonds. The molecule has 6 heteroatoms. The summed E-state index contributed by atoms with van der Waals surface area (Å²) in [6, 6.07) is 12.8. The molecule has 2 aromatic carbocycles. The number of nitrogens with zero attached hydrogens (tertiary/aromatic N) is 3. The normalized spacial score (nSPS) is 10.8. The third kappa shape index (κ3) is 2.47. The van der Waals surface area contributed by atoms with Gasteiger partial charge in [0.2, 0.25) is 0 Å². The van der Waals surface area contributed by atoms with Crippen molar-refractivity contribution in [2.75, 3.05) is 0 Å². The van der Waals surface area contributed by atoms with Crippen LogP contribution in [0.2, 0.25) is 10.0 Å². The minimum absolute atomic E-state index is 0.212. The molecule has 0 saturated carbocycles. The summed E-state index contributed by atoms with van der Waals surface area (Å²) < 4.78 is 1.86. The van der Waals surface area contributed by atoms with Crippen molar-refractivity contribution in [2.24, 2.45) is 0 Å². The number of aromatic nitrogens is 2. The van der Waals surface area contributed by atoms with Gasteiger partial charge in [0.1, 0.15) is 17.4 Å². The molecule has 0 unspecified atom stereocenters. The van der Waals surface area contributed by atoms with Gasteiger partial charge in [0.05, 0.1) is 22.6 Å². The third-order valence-electron chi connectivity index (χ3n) is 3.10. The van der Waals surface area contributed by atoms with Crippen LogP contribution in [-0.4, -0.2) is 9.55 Å². The first-order valence-electron chi connectivity index (χ1n) is 6.07. The fourth-order valence-corrected chi connectivity index (χ4v) is 2.98. The number of nitriles is 1. The van der Waals surface area contributed by atoms with Crippen LogP contribution >= 0.6 is 34.8 Å². The Hall–Kier alpha value is -1.73. The Bertz CT molecular complexity index is 857. The number of alkyl halides is 1. The van der Waals surface area contributed by atoms with Crippen LogP contribution in [0.5, 0.6) is 0 Å². The zero-order chi connectivity index (χ0) is 15.0. The fourth-order valence-electron chi connectivity index (χ4n) is 2.28. The first-order valence-corrected chi connectivity index (χ1v) is 7.36. The molecule has 0 fully saturated rings. The van der Waals surface area contributed by atoms with Gasteiger partial charge in [-0.15, -0.1) is 11.6 Å². The average Bonchev–Trinajstić information content (AvgIpc) is 2.84. The van der Waals surface area contributed by atoms with Crippen molar-refractivity contribution in [1.82, 2.24) is 9.55 Å². The minimum atomic E-state index is 0.212. The summed E-state index contributed by atoms with van der Waals surface area (Å²) in [7, 11) is 0. The largest absolute Gasteiger partial charge is 0.295 e. The predicted molar refractivity (Wildman–Crippen MR) is 85.4 cm³/mol. The van der Waals surface area contributed by atoms with Gasteiger partial charge >= 0.3 is 0 Å². The number of rotatable bonds is 2. The lowest BCUT2D eigenvalue weighted by Crippen LogP contribution is -1.99. The Morgan fingerprint density at radius 2 is 1.86 bits per heavy atom. The van der Waals surface area contributed by atoms with Crippen molar-refractivity contribution in [3.8, 4) is 11.8 Å². The quantitative estimate of drug-likeness (QED) is 0.622. The zero-order valence-electron chi connectivity index (χ0n) is 10.6. The summed E-state index contributed by atoms with van der Waals surface area (Å²) in [5.74, 6) is 0.844. The Kier molecular flexibility index (Phi) is 3.77. The van der Waals surface area contributed by atoms with Gasteiger partial charge in [-0.25, -0.2) is 4.98 Å². The summed E-state index contributed by atoms with van der Waals surface area (Å²) in [5, 5.41) is 10.2. The Balaban J connectivity index is 2.38. The van der Waals surface area contributed by atoms with Gasteiger partial charge in [0, 0.05) is 10.0 Å². The highest BCUT2D eigenvalue weighted by Crippen LogP contribution is 2.28. The monoisotopic (exact) mass is 335 g/mol. The van der Waals surface area contributed by atoms with Gasteiger partial charge in [-0.1, -0.05) is 29.3 Å². The summed E-state index contributed by atoms with van der Waals surface area (Å²) in [4.78, 5) is 4.46. The Labute approximate surface area is 136 Å². The van der Waals surface area contributed by atoms with Crippen molar-refractivity contribution >= 4 is 45.8 Å². The van der Waals surface area contributed by atoms with E-state index in [1.807, 2.05) is 16.7 Å². The van der Waals surface area contributed by atoms with Crippen LogP contribution in [0, 0.1) is 11.3 Å². The van der Waals surface area contributed by atoms with Crippen molar-refractivity contribution < 1.29 is 0 Å². The molecule has 3 aromatic rings. The van der Waals surface area contributed by atoms with E-state index < -0.39 is 0 Å². The highest BCUT2D eigenvalue weighted by Gasteiger charge is 2.15. The second-order valence-electron chi connectivity index (χ2n) is 4.41. The number of hydrogen-bond donors (Lipinski definition) is 0. The van der Waals surface area contributed by atoms with Gasteiger partial charge in [-0.05, 0) is 30.3 Å². The number of para-hydroxylation sites is 1. The molecule has 1 heterocycles. The SMILES string of the molecule is N#Cc1cccc2c1nc(CCl)n2-c1cc(Cl)cc(Cl)c1. The fraction of sp³-hybridized carbons (Fsp3) is 0.0667. The molecule has 0 N–H and O–H groups in total. The van der Waals surface area contributed by atoms with Crippen molar-refractivity contribution in [3.05, 3.63) is 57.8 Å². The van der Waals surface area contributed by atoms with E-state index in [0.717, 1.165) is 11.2 Å². The molecule has 0 atom stereocenters. The predicted octanol–water partition coefficient (Wildman–Crippen LogP) is 4.94. The van der Waals surface area contributed by atoms with Gasteiger partial charge in [0.25, 0.3) is 0 Å². The highest BCUT2D eigenvalue weighted by atomic mass is 35.5. The molecule has 0 saturated heterocycles. The first kappa shape index (κ1) is 14.2. The van der Waals surface area contributed by atoms with Crippen LogP contribution < -0.4 is 0 Å². The number of benzene rings is 2. The number of fused-ring (bicyclic) bond motifs is 1. The molecular weight excluding hydrogens is 329 g/mol. The third-order valence-corrected chi connectivity index (χ3v) is 3.78. The Morgan fingerprint density at radius 3 is 2.48 bits per heavy atom. The topological polar surface area (TPSA) is 41.6 Å². The van der Waals surface area contributed by atoms with E-state index in [-0.39, 0.29) is 5.88 Å². The maximum atomic E-state index is 9.19. The zero-order valence-corrected chi connectivity index (χ0v) is 12.9. The van der Waals surface area contributed by atoms with E-state index in [1.54, 1.807) is 24.3 Å². The minimum Gasteiger partial charge on any atom is -0.295 e. The number of hydrogen-bond acceptors (Lipinski definition) is 2. The van der Waals surface area contributed by atoms with Gasteiger partial charge in [0.15, 0.2) is 0 Å². The second-order valence-corrected chi connectivity index (χ2v) is 5.55. The van der Waals surface area contributed by atoms with E-state index in [0.29, 0.717) is 26.9 Å². The molecule has 0 spiro atoms. The maximum absolute atomic E-state index is 9.19. The molecule has 3 nitrogen and oxygen atoms in total. The van der Waals surface area contributed by atoms with Crippen LogP contribution in [0.15, 0.2) is 36.4 Å². The standard InChI is InChI=1S/C15H8Cl3N3/c16-7-14-20-15-9(8-19)2-1-3-13(15)21(14)12-5-10(17)4-11(18)6-12/h1-6H,7H2. The molecule has 0 aliphatic rings. The molecule has 1 aromatic heterocycles. The smallest absolute Gasteiger partial charge is 0.129 e. The summed E-state index contributed by atoms with van der Waals surface area (Å²) >= 11 is 18.1. The molecule has 0 bridgehead atoms. The van der Waals surface area contributed by atoms with Gasteiger partial charge in [-0.2, -0.15) is 5.26 Å². The number of imidazole rings is 1. The van der Waals surface area contributed by atoms with Crippen LogP contribution in [0.3, 0.4) is 0 Å². The van der Waals surface area contributed by atoms with Crippen molar-refractivity contribution in [1.29, 1.82) is 5.26 Å². The van der Waals surface area contributed by atoms with Gasteiger partial charge < -0.3 is 0 Å². The first-order chi connectivity index (χ1) is 10.1. The van der Waals surface area contributed by atoms with Gasteiger partial charge in [-0.3, -0.25) is 4.57 Å². The van der Waals surface area contributed by atoms with E-state index in [4.69, 9.17) is 34.8 Å². The van der Waals surface area contributed by atoms with Crippen LogP contribution in [0.1, 0.15) is 11.4 Å². The van der Waals surface area contributed by atoms with E-state index in [9.17, 15) is 5.26 Å². The lowest BCUT2D eigenvalue weighted by Gasteiger charge is -2.09. The summed E-state index contributed by atoms with van der Waals surface area (Å²) in [5.41, 5.74) is 2.68. The van der Waals surface area contributed by atoms with Crippen molar-refractivity contribution in [3.63, 3.8) is 0 Å². The lowest BCUT2D eigenvalue weighted by molar-refractivity contribution is 0.982. The van der Waals surface area contributed by atoms with E-state index in [1.165, 1.54) is 0 Å². The van der Waals surface area contributed by atoms with E-state index >= 15 is 0 Å². The second kappa shape index (κ2) is 5.57. The molecule has 3 rings (SSSR count). The lowest BCUT2D eigenvalue weighted by atomic mass is 10.2. The van der Waals surface area contributed by atoms with Crippen molar-refractivity contribution in [2.45, 2.75) is 5.88 Å². The molecule has 0 radical (unpaired) electrons. The molecule has 0 aliphatic carbocycles. The van der Waals surface area contributed by atoms with E-state index in [2.05, 4.69) is 11.1 Å². The average molecular weight is 337 g/mol. The maximum Gasteiger partial charge on any atom is 0.129 e. The van der Waals surface area contributed by atoms with Crippen LogP contribution in [0.4, 0.5) is 0 Å². The Morgan fingerprint density at radius 1 is 1.14 bits per heavy atom. The molecular formula is C15H8Cl3N3. The summed E-state index contributed by atoms with van der Waals surface area (Å²) in [6.45, 7) is 0.